The summed E-state index contributed by atoms with van der Waals surface area (Å²) < 4.78 is 31.6. The first-order chi connectivity index (χ1) is 18.6. The van der Waals surface area contributed by atoms with E-state index in [1.165, 1.54) is 19.3 Å². The molecule has 3 atom stereocenters. The highest BCUT2D eigenvalue weighted by molar-refractivity contribution is 5.89. The lowest BCUT2D eigenvalue weighted by Gasteiger charge is -2.27. The van der Waals surface area contributed by atoms with Crippen LogP contribution in [0.1, 0.15) is 48.9 Å². The highest BCUT2D eigenvalue weighted by Crippen LogP contribution is 2.48. The van der Waals surface area contributed by atoms with Crippen LogP contribution in [0.4, 0.5) is 8.78 Å². The quantitative estimate of drug-likeness (QED) is 0.503. The number of likely N-dealkylation sites (tertiary alicyclic amines) is 1. The molecular formula is C29H30F2N4O4. The molecule has 5 rings (SSSR count). The minimum absolute atomic E-state index is 0.165. The topological polar surface area (TPSA) is 93.4 Å². The standard InChI is InChI=1S/C29H30F2N4O4/c1-29(11-12-29)21-9-8-19(14-22(21)31)26(18-6-4-3-5-7-18)32-27(38)23-15-20(30)16-35(23)25(37)17-34-13-10-24(36)33(2)28(34)39/h3-10,13-14,20,23,26H,11-12,15-17H2,1-2H3,(H,32,38)/t20-,23+,26+/m1/s1. The normalized spacial score (nSPS) is 20.5. The zero-order valence-electron chi connectivity index (χ0n) is 21.8. The van der Waals surface area contributed by atoms with Gasteiger partial charge in [0.05, 0.1) is 12.6 Å². The first kappa shape index (κ1) is 26.5. The molecule has 39 heavy (non-hydrogen) atoms. The zero-order chi connectivity index (χ0) is 27.9. The van der Waals surface area contributed by atoms with E-state index in [0.717, 1.165) is 32.9 Å². The Hall–Kier alpha value is -4.08. The summed E-state index contributed by atoms with van der Waals surface area (Å²) in [5.41, 5.74) is 0.508. The maximum atomic E-state index is 15.1. The smallest absolute Gasteiger partial charge is 0.331 e. The molecule has 0 spiro atoms. The molecule has 2 amide bonds. The average molecular weight is 537 g/mol. The van der Waals surface area contributed by atoms with Crippen LogP contribution < -0.4 is 16.6 Å². The van der Waals surface area contributed by atoms with Crippen molar-refractivity contribution in [3.05, 3.63) is 104 Å². The first-order valence-electron chi connectivity index (χ1n) is 12.9. The van der Waals surface area contributed by atoms with Crippen molar-refractivity contribution in [1.82, 2.24) is 19.4 Å². The van der Waals surface area contributed by atoms with Gasteiger partial charge in [-0.2, -0.15) is 0 Å². The van der Waals surface area contributed by atoms with E-state index in [4.69, 9.17) is 0 Å². The summed E-state index contributed by atoms with van der Waals surface area (Å²) in [6.45, 7) is 1.27. The van der Waals surface area contributed by atoms with Gasteiger partial charge in [0.1, 0.15) is 24.6 Å². The lowest BCUT2D eigenvalue weighted by atomic mass is 9.92. The fourth-order valence-electron chi connectivity index (χ4n) is 5.18. The summed E-state index contributed by atoms with van der Waals surface area (Å²) in [4.78, 5) is 51.8. The molecular weight excluding hydrogens is 506 g/mol. The molecule has 10 heteroatoms. The molecule has 2 heterocycles. The molecule has 0 bridgehead atoms. The van der Waals surface area contributed by atoms with Crippen molar-refractivity contribution in [3.63, 3.8) is 0 Å². The molecule has 1 aromatic heterocycles. The van der Waals surface area contributed by atoms with Crippen LogP contribution >= 0.6 is 0 Å². The second-order valence-electron chi connectivity index (χ2n) is 10.7. The van der Waals surface area contributed by atoms with E-state index in [-0.39, 0.29) is 24.2 Å². The SMILES string of the molecule is Cn1c(=O)ccn(CC(=O)N2C[C@H](F)C[C@H]2C(=O)N[C@@H](c2ccccc2)c2ccc(C3(C)CC3)c(F)c2)c1=O. The van der Waals surface area contributed by atoms with E-state index in [1.54, 1.807) is 36.4 Å². The van der Waals surface area contributed by atoms with Crippen molar-refractivity contribution in [2.75, 3.05) is 6.54 Å². The van der Waals surface area contributed by atoms with Crippen molar-refractivity contribution in [1.29, 1.82) is 0 Å². The van der Waals surface area contributed by atoms with Gasteiger partial charge in [-0.15, -0.1) is 0 Å². The number of nitrogens with zero attached hydrogens (tertiary/aromatic N) is 3. The number of benzene rings is 2. The summed E-state index contributed by atoms with van der Waals surface area (Å²) >= 11 is 0. The average Bonchev–Trinajstić information content (AvgIpc) is 3.54. The number of halogens is 2. The number of carbonyl (C=O) groups is 2. The molecule has 1 aliphatic carbocycles. The summed E-state index contributed by atoms with van der Waals surface area (Å²) in [5.74, 6) is -1.55. The van der Waals surface area contributed by atoms with Gasteiger partial charge in [-0.3, -0.25) is 23.5 Å². The first-order valence-corrected chi connectivity index (χ1v) is 12.9. The van der Waals surface area contributed by atoms with Crippen LogP contribution in [0.25, 0.3) is 0 Å². The van der Waals surface area contributed by atoms with Crippen molar-refractivity contribution in [3.8, 4) is 0 Å². The number of amides is 2. The number of rotatable bonds is 7. The third-order valence-corrected chi connectivity index (χ3v) is 7.84. The number of nitrogens with one attached hydrogen (secondary N) is 1. The molecule has 2 aliphatic rings. The molecule has 3 aromatic rings. The number of aromatic nitrogens is 2. The van der Waals surface area contributed by atoms with Crippen LogP contribution in [-0.4, -0.2) is 44.6 Å². The lowest BCUT2D eigenvalue weighted by molar-refractivity contribution is -0.139. The van der Waals surface area contributed by atoms with Gasteiger partial charge in [-0.25, -0.2) is 13.6 Å². The Morgan fingerprint density at radius 1 is 1.08 bits per heavy atom. The molecule has 8 nitrogen and oxygen atoms in total. The van der Waals surface area contributed by atoms with E-state index in [0.29, 0.717) is 16.7 Å². The highest BCUT2D eigenvalue weighted by Gasteiger charge is 2.42. The second-order valence-corrected chi connectivity index (χ2v) is 10.7. The number of carbonyl (C=O) groups excluding carboxylic acids is 2. The lowest BCUT2D eigenvalue weighted by Crippen LogP contribution is -2.49. The third-order valence-electron chi connectivity index (χ3n) is 7.84. The number of hydrogen-bond donors (Lipinski definition) is 1. The van der Waals surface area contributed by atoms with Crippen molar-refractivity contribution in [2.45, 2.75) is 56.4 Å². The van der Waals surface area contributed by atoms with Gasteiger partial charge in [0.2, 0.25) is 11.8 Å². The van der Waals surface area contributed by atoms with Crippen LogP contribution in [0.15, 0.2) is 70.4 Å². The minimum Gasteiger partial charge on any atom is -0.343 e. The highest BCUT2D eigenvalue weighted by atomic mass is 19.1. The fourth-order valence-corrected chi connectivity index (χ4v) is 5.18. The Bertz CT molecular complexity index is 1530. The van der Waals surface area contributed by atoms with Crippen molar-refractivity contribution >= 4 is 11.8 Å². The van der Waals surface area contributed by atoms with E-state index in [2.05, 4.69) is 5.32 Å². The molecule has 1 aliphatic heterocycles. The maximum Gasteiger partial charge on any atom is 0.331 e. The Kier molecular flexibility index (Phi) is 6.96. The zero-order valence-corrected chi connectivity index (χ0v) is 21.8. The van der Waals surface area contributed by atoms with E-state index in [1.807, 2.05) is 13.0 Å². The second kappa shape index (κ2) is 10.2. The molecule has 0 radical (unpaired) electrons. The van der Waals surface area contributed by atoms with E-state index < -0.39 is 47.9 Å². The minimum atomic E-state index is -1.42. The Morgan fingerprint density at radius 3 is 2.46 bits per heavy atom. The molecule has 2 fully saturated rings. The molecule has 204 valence electrons. The molecule has 2 aromatic carbocycles. The fraction of sp³-hybridized carbons (Fsp3) is 0.379. The molecule has 1 N–H and O–H groups in total. The van der Waals surface area contributed by atoms with Crippen LogP contribution in [0.2, 0.25) is 0 Å². The van der Waals surface area contributed by atoms with Crippen LogP contribution in [0.3, 0.4) is 0 Å². The number of hydrogen-bond acceptors (Lipinski definition) is 4. The monoisotopic (exact) mass is 536 g/mol. The van der Waals surface area contributed by atoms with Gasteiger partial charge in [-0.05, 0) is 41.0 Å². The van der Waals surface area contributed by atoms with Gasteiger partial charge in [0.15, 0.2) is 0 Å². The van der Waals surface area contributed by atoms with Crippen molar-refractivity contribution in [2.24, 2.45) is 7.05 Å². The van der Waals surface area contributed by atoms with Crippen molar-refractivity contribution < 1.29 is 18.4 Å². The summed E-state index contributed by atoms with van der Waals surface area (Å²) in [6, 6.07) is 13.3. The van der Waals surface area contributed by atoms with Gasteiger partial charge in [-0.1, -0.05) is 49.4 Å². The van der Waals surface area contributed by atoms with E-state index >= 15 is 4.39 Å². The van der Waals surface area contributed by atoms with Crippen LogP contribution in [0, 0.1) is 5.82 Å². The number of alkyl halides is 1. The van der Waals surface area contributed by atoms with Gasteiger partial charge >= 0.3 is 5.69 Å². The Morgan fingerprint density at radius 2 is 1.79 bits per heavy atom. The predicted molar refractivity (Wildman–Crippen MR) is 140 cm³/mol. The third kappa shape index (κ3) is 5.28. The van der Waals surface area contributed by atoms with E-state index in [9.17, 15) is 23.6 Å². The van der Waals surface area contributed by atoms with Gasteiger partial charge < -0.3 is 10.2 Å². The Labute approximate surface area is 223 Å². The van der Waals surface area contributed by atoms with Crippen LogP contribution in [-0.2, 0) is 28.6 Å². The van der Waals surface area contributed by atoms with Gasteiger partial charge in [0, 0.05) is 25.7 Å². The van der Waals surface area contributed by atoms with Gasteiger partial charge in [0.25, 0.3) is 5.56 Å². The summed E-state index contributed by atoms with van der Waals surface area (Å²) in [7, 11) is 1.29. The summed E-state index contributed by atoms with van der Waals surface area (Å²) in [5, 5.41) is 2.91. The molecule has 1 saturated carbocycles. The predicted octanol–water partition coefficient (Wildman–Crippen LogP) is 2.58. The summed E-state index contributed by atoms with van der Waals surface area (Å²) in [6.07, 6.45) is 1.42. The maximum absolute atomic E-state index is 15.1. The molecule has 0 unspecified atom stereocenters. The molecule has 1 saturated heterocycles. The Balaban J connectivity index is 1.40. The van der Waals surface area contributed by atoms with Crippen LogP contribution in [0.5, 0.6) is 0 Å². The largest absolute Gasteiger partial charge is 0.343 e.